The van der Waals surface area contributed by atoms with Gasteiger partial charge in [-0.3, -0.25) is 9.59 Å². The maximum absolute atomic E-state index is 12.9. The minimum Gasteiger partial charge on any atom is -0.360 e. The summed E-state index contributed by atoms with van der Waals surface area (Å²) >= 11 is 0. The summed E-state index contributed by atoms with van der Waals surface area (Å²) in [5.74, 6) is -0.951. The van der Waals surface area contributed by atoms with Gasteiger partial charge >= 0.3 is 0 Å². The molecular formula is C24H21N3O2. The molecule has 1 amide bonds. The molecule has 0 radical (unpaired) electrons. The Kier molecular flexibility index (Phi) is 5.01. The standard InChI is InChI=1S/C24H21N3O2/c1-16-15-27(13-12-18(16)22(25-2)17-8-4-3-5-9-17)24(29)23(28)20-14-26-21-11-7-6-10-19(20)21/h3-11,14,16,26H,12-13,15H2,1H3. The molecule has 2 heterocycles. The Morgan fingerprint density at radius 1 is 1.10 bits per heavy atom. The van der Waals surface area contributed by atoms with E-state index in [1.165, 1.54) is 0 Å². The average Bonchev–Trinajstić information content (AvgIpc) is 3.19. The van der Waals surface area contributed by atoms with Gasteiger partial charge in [0.05, 0.1) is 12.1 Å². The summed E-state index contributed by atoms with van der Waals surface area (Å²) in [5.41, 5.74) is 3.86. The molecule has 1 aliphatic rings. The Morgan fingerprint density at radius 3 is 2.55 bits per heavy atom. The Balaban J connectivity index is 1.55. The van der Waals surface area contributed by atoms with Crippen LogP contribution < -0.4 is 0 Å². The summed E-state index contributed by atoms with van der Waals surface area (Å²) in [5, 5.41) is 0.760. The van der Waals surface area contributed by atoms with Crippen LogP contribution in [0.3, 0.4) is 0 Å². The van der Waals surface area contributed by atoms with Crippen molar-refractivity contribution in [2.75, 3.05) is 13.1 Å². The number of hydrogen-bond donors (Lipinski definition) is 1. The van der Waals surface area contributed by atoms with Crippen LogP contribution >= 0.6 is 0 Å². The largest absolute Gasteiger partial charge is 0.360 e. The summed E-state index contributed by atoms with van der Waals surface area (Å²) in [7, 11) is 0. The zero-order chi connectivity index (χ0) is 20.4. The molecule has 3 aromatic rings. The van der Waals surface area contributed by atoms with E-state index in [1.807, 2.05) is 61.5 Å². The lowest BCUT2D eigenvalue weighted by Gasteiger charge is -2.33. The van der Waals surface area contributed by atoms with Crippen molar-refractivity contribution in [3.8, 4) is 0 Å². The fourth-order valence-corrected chi connectivity index (χ4v) is 4.01. The van der Waals surface area contributed by atoms with Crippen LogP contribution in [0.2, 0.25) is 0 Å². The summed E-state index contributed by atoms with van der Waals surface area (Å²) in [6.45, 7) is 10.5. The number of nitrogens with zero attached hydrogens (tertiary/aromatic N) is 2. The molecule has 1 unspecified atom stereocenters. The molecule has 0 bridgehead atoms. The minimum absolute atomic E-state index is 0.0211. The monoisotopic (exact) mass is 383 g/mol. The molecule has 1 aliphatic heterocycles. The molecule has 1 saturated heterocycles. The molecule has 1 N–H and O–H groups in total. The van der Waals surface area contributed by atoms with E-state index in [-0.39, 0.29) is 5.92 Å². The van der Waals surface area contributed by atoms with E-state index in [0.29, 0.717) is 30.8 Å². The van der Waals surface area contributed by atoms with Crippen LogP contribution in [-0.4, -0.2) is 34.7 Å². The van der Waals surface area contributed by atoms with Crippen molar-refractivity contribution >= 4 is 28.3 Å². The molecule has 4 rings (SSSR count). The first-order chi connectivity index (χ1) is 14.1. The highest BCUT2D eigenvalue weighted by atomic mass is 16.2. The number of H-pyrrole nitrogens is 1. The summed E-state index contributed by atoms with van der Waals surface area (Å²) in [6.07, 6.45) is 2.21. The number of amides is 1. The number of nitrogens with one attached hydrogen (secondary N) is 1. The lowest BCUT2D eigenvalue weighted by Crippen LogP contribution is -2.43. The van der Waals surface area contributed by atoms with Crippen LogP contribution in [0.1, 0.15) is 29.3 Å². The van der Waals surface area contributed by atoms with Gasteiger partial charge in [0.2, 0.25) is 0 Å². The third-order valence-electron chi connectivity index (χ3n) is 5.52. The maximum atomic E-state index is 12.9. The molecule has 0 spiro atoms. The van der Waals surface area contributed by atoms with Crippen LogP contribution in [0.25, 0.3) is 21.4 Å². The Morgan fingerprint density at radius 2 is 1.83 bits per heavy atom. The first-order valence-electron chi connectivity index (χ1n) is 9.65. The first kappa shape index (κ1) is 18.7. The average molecular weight is 383 g/mol. The van der Waals surface area contributed by atoms with Gasteiger partial charge in [0.25, 0.3) is 11.7 Å². The highest BCUT2D eigenvalue weighted by Gasteiger charge is 2.31. The maximum Gasteiger partial charge on any atom is 0.295 e. The Labute approximate surface area is 169 Å². The third kappa shape index (κ3) is 3.45. The molecule has 0 saturated carbocycles. The molecule has 0 aliphatic carbocycles. The van der Waals surface area contributed by atoms with Gasteiger partial charge in [-0.1, -0.05) is 61.0 Å². The van der Waals surface area contributed by atoms with E-state index in [1.54, 1.807) is 11.1 Å². The van der Waals surface area contributed by atoms with Crippen molar-refractivity contribution in [1.82, 2.24) is 9.88 Å². The number of fused-ring (bicyclic) bond motifs is 1. The van der Waals surface area contributed by atoms with Crippen molar-refractivity contribution in [3.05, 3.63) is 88.9 Å². The molecule has 144 valence electrons. The number of ketones is 1. The van der Waals surface area contributed by atoms with Crippen LogP contribution in [0.15, 0.2) is 66.4 Å². The van der Waals surface area contributed by atoms with E-state index >= 15 is 0 Å². The fraction of sp³-hybridized carbons (Fsp3) is 0.208. The van der Waals surface area contributed by atoms with E-state index in [4.69, 9.17) is 6.57 Å². The van der Waals surface area contributed by atoms with Gasteiger partial charge in [-0.15, -0.1) is 0 Å². The molecule has 5 heteroatoms. The minimum atomic E-state index is -0.490. The number of rotatable bonds is 3. The number of para-hydroxylation sites is 1. The number of carbonyl (C=O) groups excluding carboxylic acids is 2. The predicted molar refractivity (Wildman–Crippen MR) is 113 cm³/mol. The SMILES string of the molecule is [C-]#[N+]C(=C1CCN(C(=O)C(=O)c2c[nH]c3ccccc23)CC1C)c1ccccc1. The number of aromatic nitrogens is 1. The molecule has 2 aromatic carbocycles. The summed E-state index contributed by atoms with van der Waals surface area (Å²) < 4.78 is 0. The van der Waals surface area contributed by atoms with Gasteiger partial charge in [-0.05, 0) is 24.0 Å². The molecule has 29 heavy (non-hydrogen) atoms. The van der Waals surface area contributed by atoms with E-state index < -0.39 is 11.7 Å². The molecule has 5 nitrogen and oxygen atoms in total. The second kappa shape index (κ2) is 7.76. The second-order valence-corrected chi connectivity index (χ2v) is 7.33. The number of carbonyl (C=O) groups is 2. The molecule has 1 atom stereocenters. The number of hydrogen-bond acceptors (Lipinski definition) is 2. The van der Waals surface area contributed by atoms with E-state index in [2.05, 4.69) is 9.83 Å². The third-order valence-corrected chi connectivity index (χ3v) is 5.52. The smallest absolute Gasteiger partial charge is 0.295 e. The zero-order valence-corrected chi connectivity index (χ0v) is 16.2. The van der Waals surface area contributed by atoms with Crippen molar-refractivity contribution in [2.45, 2.75) is 13.3 Å². The number of likely N-dealkylation sites (tertiary alicyclic amines) is 1. The van der Waals surface area contributed by atoms with Gasteiger partial charge in [0, 0.05) is 30.2 Å². The second-order valence-electron chi connectivity index (χ2n) is 7.33. The molecule has 1 aromatic heterocycles. The van der Waals surface area contributed by atoms with Crippen molar-refractivity contribution in [3.63, 3.8) is 0 Å². The van der Waals surface area contributed by atoms with E-state index in [0.717, 1.165) is 22.0 Å². The summed E-state index contributed by atoms with van der Waals surface area (Å²) in [6, 6.07) is 17.1. The predicted octanol–water partition coefficient (Wildman–Crippen LogP) is 4.55. The normalized spacial score (nSPS) is 18.3. The lowest BCUT2D eigenvalue weighted by atomic mass is 9.89. The van der Waals surface area contributed by atoms with Gasteiger partial charge < -0.3 is 9.88 Å². The molecular weight excluding hydrogens is 362 g/mol. The van der Waals surface area contributed by atoms with Crippen LogP contribution in [0, 0.1) is 12.5 Å². The first-order valence-corrected chi connectivity index (χ1v) is 9.65. The quantitative estimate of drug-likeness (QED) is 0.410. The number of piperidine rings is 1. The van der Waals surface area contributed by atoms with Gasteiger partial charge in [0.1, 0.15) is 0 Å². The molecule has 1 fully saturated rings. The number of Topliss-reactive ketones (excluding diaryl/α,β-unsaturated/α-hetero) is 1. The Hall–Kier alpha value is -3.65. The summed E-state index contributed by atoms with van der Waals surface area (Å²) in [4.78, 5) is 34.2. The van der Waals surface area contributed by atoms with Crippen molar-refractivity contribution in [2.24, 2.45) is 5.92 Å². The van der Waals surface area contributed by atoms with Crippen LogP contribution in [0.4, 0.5) is 0 Å². The van der Waals surface area contributed by atoms with E-state index in [9.17, 15) is 9.59 Å². The van der Waals surface area contributed by atoms with Gasteiger partial charge in [0.15, 0.2) is 5.70 Å². The fourth-order valence-electron chi connectivity index (χ4n) is 4.01. The highest BCUT2D eigenvalue weighted by molar-refractivity contribution is 6.44. The lowest BCUT2D eigenvalue weighted by molar-refractivity contribution is -0.127. The van der Waals surface area contributed by atoms with Crippen molar-refractivity contribution < 1.29 is 9.59 Å². The van der Waals surface area contributed by atoms with Gasteiger partial charge in [-0.25, -0.2) is 4.85 Å². The zero-order valence-electron chi connectivity index (χ0n) is 16.2. The highest BCUT2D eigenvalue weighted by Crippen LogP contribution is 2.32. The van der Waals surface area contributed by atoms with Gasteiger partial charge in [-0.2, -0.15) is 0 Å². The topological polar surface area (TPSA) is 57.5 Å². The van der Waals surface area contributed by atoms with Crippen LogP contribution in [0.5, 0.6) is 0 Å². The van der Waals surface area contributed by atoms with Crippen LogP contribution in [-0.2, 0) is 4.79 Å². The number of benzene rings is 2. The Bertz CT molecular complexity index is 1150. The number of aromatic amines is 1. The van der Waals surface area contributed by atoms with Crippen molar-refractivity contribution in [1.29, 1.82) is 0 Å².